The topological polar surface area (TPSA) is 20.3 Å². The smallest absolute Gasteiger partial charge is 0.214 e. The Hall–Kier alpha value is -0.313. The van der Waals surface area contributed by atoms with Crippen LogP contribution in [-0.4, -0.2) is 25.8 Å². The Morgan fingerprint density at radius 1 is 1.33 bits per heavy atom. The summed E-state index contributed by atoms with van der Waals surface area (Å²) in [6.45, 7) is 8.69. The Morgan fingerprint density at radius 3 is 2.17 bits per heavy atom. The highest BCUT2D eigenvalue weighted by Crippen LogP contribution is 2.09. The molecule has 0 fully saturated rings. The molecule has 0 aliphatic heterocycles. The van der Waals surface area contributed by atoms with Crippen LogP contribution in [0.4, 0.5) is 0 Å². The van der Waals surface area contributed by atoms with Crippen LogP contribution in [0.1, 0.15) is 26.2 Å². The molecule has 12 heavy (non-hydrogen) atoms. The van der Waals surface area contributed by atoms with Crippen LogP contribution in [0, 0.1) is 0 Å². The van der Waals surface area contributed by atoms with E-state index in [1.54, 1.807) is 0 Å². The van der Waals surface area contributed by atoms with Crippen molar-refractivity contribution in [1.29, 1.82) is 0 Å². The van der Waals surface area contributed by atoms with E-state index in [-0.39, 0.29) is 0 Å². The van der Waals surface area contributed by atoms with E-state index in [0.717, 1.165) is 19.3 Å². The lowest BCUT2D eigenvalue weighted by Gasteiger charge is -2.30. The number of carbonyl (C=O) groups is 1. The summed E-state index contributed by atoms with van der Waals surface area (Å²) in [6, 6.07) is 0. The Bertz CT molecular complexity index is 151. The molecular formula is C9H21NOSi. The number of nitrogens with zero attached hydrogens (tertiary/aromatic N) is 1. The van der Waals surface area contributed by atoms with Crippen molar-refractivity contribution in [3.8, 4) is 0 Å². The van der Waals surface area contributed by atoms with E-state index in [0.29, 0.717) is 5.91 Å². The van der Waals surface area contributed by atoms with E-state index in [2.05, 4.69) is 26.6 Å². The minimum atomic E-state index is -1.39. The molecule has 0 bridgehead atoms. The fourth-order valence-electron chi connectivity index (χ4n) is 0.870. The summed E-state index contributed by atoms with van der Waals surface area (Å²) in [5.74, 6) is 0.316. The lowest BCUT2D eigenvalue weighted by molar-refractivity contribution is -0.126. The number of amides is 1. The van der Waals surface area contributed by atoms with Gasteiger partial charge in [-0.15, -0.1) is 0 Å². The van der Waals surface area contributed by atoms with Gasteiger partial charge in [-0.1, -0.05) is 33.0 Å². The van der Waals surface area contributed by atoms with Crippen LogP contribution in [0.25, 0.3) is 0 Å². The molecule has 0 aliphatic carbocycles. The molecule has 0 atom stereocenters. The molecule has 0 saturated heterocycles. The summed E-state index contributed by atoms with van der Waals surface area (Å²) in [4.78, 5) is 11.5. The summed E-state index contributed by atoms with van der Waals surface area (Å²) in [5, 5.41) is 0. The average molecular weight is 187 g/mol. The van der Waals surface area contributed by atoms with Gasteiger partial charge in [0.15, 0.2) is 8.24 Å². The maximum Gasteiger partial charge on any atom is 0.214 e. The summed E-state index contributed by atoms with van der Waals surface area (Å²) in [6.07, 6.45) is 2.84. The zero-order valence-electron chi connectivity index (χ0n) is 8.98. The molecule has 0 aromatic carbocycles. The van der Waals surface area contributed by atoms with Crippen molar-refractivity contribution in [3.63, 3.8) is 0 Å². The lowest BCUT2D eigenvalue weighted by Crippen LogP contribution is -2.46. The number of rotatable bonds is 4. The lowest BCUT2D eigenvalue weighted by atomic mass is 10.2. The van der Waals surface area contributed by atoms with Crippen molar-refractivity contribution in [3.05, 3.63) is 0 Å². The molecule has 2 nitrogen and oxygen atoms in total. The first-order valence-corrected chi connectivity index (χ1v) is 8.11. The highest BCUT2D eigenvalue weighted by Gasteiger charge is 2.23. The summed E-state index contributed by atoms with van der Waals surface area (Å²) >= 11 is 0. The van der Waals surface area contributed by atoms with Gasteiger partial charge in [0.2, 0.25) is 5.91 Å². The second-order valence-electron chi connectivity index (χ2n) is 4.23. The molecule has 0 aromatic rings. The van der Waals surface area contributed by atoms with Crippen LogP contribution in [0.15, 0.2) is 0 Å². The zero-order valence-corrected chi connectivity index (χ0v) is 9.98. The van der Waals surface area contributed by atoms with E-state index >= 15 is 0 Å². The number of unbranched alkanes of at least 4 members (excludes halogenated alkanes) is 1. The molecule has 3 heteroatoms. The van der Waals surface area contributed by atoms with Crippen molar-refractivity contribution >= 4 is 14.1 Å². The van der Waals surface area contributed by atoms with Crippen molar-refractivity contribution in [2.24, 2.45) is 0 Å². The van der Waals surface area contributed by atoms with Gasteiger partial charge in [0.25, 0.3) is 0 Å². The number of carbonyl (C=O) groups excluding carboxylic acids is 1. The van der Waals surface area contributed by atoms with Crippen LogP contribution in [0.2, 0.25) is 19.6 Å². The summed E-state index contributed by atoms with van der Waals surface area (Å²) in [5.41, 5.74) is 0. The normalized spacial score (nSPS) is 11.4. The van der Waals surface area contributed by atoms with Crippen LogP contribution < -0.4 is 0 Å². The molecule has 0 heterocycles. The highest BCUT2D eigenvalue weighted by atomic mass is 28.3. The van der Waals surface area contributed by atoms with Crippen LogP contribution >= 0.6 is 0 Å². The van der Waals surface area contributed by atoms with E-state index in [1.165, 1.54) is 0 Å². The molecule has 0 N–H and O–H groups in total. The van der Waals surface area contributed by atoms with Crippen molar-refractivity contribution in [2.45, 2.75) is 45.8 Å². The Balaban J connectivity index is 3.94. The summed E-state index contributed by atoms with van der Waals surface area (Å²) < 4.78 is 1.96. The van der Waals surface area contributed by atoms with Crippen LogP contribution in [0.3, 0.4) is 0 Å². The molecule has 0 rings (SSSR count). The minimum Gasteiger partial charge on any atom is -0.373 e. The molecule has 0 spiro atoms. The van der Waals surface area contributed by atoms with Gasteiger partial charge in [-0.3, -0.25) is 4.79 Å². The predicted molar refractivity (Wildman–Crippen MR) is 55.6 cm³/mol. The Labute approximate surface area is 77.0 Å². The number of hydrogen-bond acceptors (Lipinski definition) is 1. The quantitative estimate of drug-likeness (QED) is 0.619. The largest absolute Gasteiger partial charge is 0.373 e. The molecule has 0 aromatic heterocycles. The van der Waals surface area contributed by atoms with Gasteiger partial charge in [0.1, 0.15) is 0 Å². The van der Waals surface area contributed by atoms with E-state index in [4.69, 9.17) is 0 Å². The molecule has 0 aliphatic rings. The van der Waals surface area contributed by atoms with E-state index in [1.807, 2.05) is 11.6 Å². The minimum absolute atomic E-state index is 0.316. The molecule has 0 unspecified atom stereocenters. The van der Waals surface area contributed by atoms with E-state index < -0.39 is 8.24 Å². The number of hydrogen-bond donors (Lipinski definition) is 0. The van der Waals surface area contributed by atoms with Gasteiger partial charge >= 0.3 is 0 Å². The van der Waals surface area contributed by atoms with Crippen LogP contribution in [-0.2, 0) is 4.79 Å². The predicted octanol–water partition coefficient (Wildman–Crippen LogP) is 2.47. The van der Waals surface area contributed by atoms with Gasteiger partial charge in [-0.05, 0) is 6.42 Å². The van der Waals surface area contributed by atoms with Crippen molar-refractivity contribution < 1.29 is 4.79 Å². The SMILES string of the molecule is CCCCC(=O)N(C)[Si](C)(C)C. The van der Waals surface area contributed by atoms with Gasteiger partial charge in [-0.2, -0.15) is 0 Å². The zero-order chi connectivity index (χ0) is 9.78. The molecule has 1 amide bonds. The molecular weight excluding hydrogens is 166 g/mol. The molecule has 72 valence electrons. The average Bonchev–Trinajstić information content (AvgIpc) is 1.97. The fraction of sp³-hybridized carbons (Fsp3) is 0.889. The van der Waals surface area contributed by atoms with E-state index in [9.17, 15) is 4.79 Å². The first-order chi connectivity index (χ1) is 5.39. The van der Waals surface area contributed by atoms with Crippen molar-refractivity contribution in [2.75, 3.05) is 7.05 Å². The van der Waals surface area contributed by atoms with Gasteiger partial charge in [0, 0.05) is 13.5 Å². The van der Waals surface area contributed by atoms with Gasteiger partial charge in [0.05, 0.1) is 0 Å². The third-order valence-corrected chi connectivity index (χ3v) is 4.39. The van der Waals surface area contributed by atoms with Crippen LogP contribution in [0.5, 0.6) is 0 Å². The first kappa shape index (κ1) is 11.7. The second-order valence-corrected chi connectivity index (χ2v) is 9.24. The van der Waals surface area contributed by atoms with Crippen molar-refractivity contribution in [1.82, 2.24) is 4.57 Å². The van der Waals surface area contributed by atoms with Gasteiger partial charge < -0.3 is 4.57 Å². The third-order valence-electron chi connectivity index (χ3n) is 2.12. The Kier molecular flexibility index (Phi) is 4.53. The maximum atomic E-state index is 11.5. The molecule has 0 radical (unpaired) electrons. The molecule has 0 saturated carbocycles. The standard InChI is InChI=1S/C9H21NOSi/c1-6-7-8-9(11)10(2)12(3,4)5/h6-8H2,1-5H3. The monoisotopic (exact) mass is 187 g/mol. The third kappa shape index (κ3) is 3.90. The maximum absolute atomic E-state index is 11.5. The highest BCUT2D eigenvalue weighted by molar-refractivity contribution is 6.75. The van der Waals surface area contributed by atoms with Gasteiger partial charge in [-0.25, -0.2) is 0 Å². The second kappa shape index (κ2) is 4.65. The Morgan fingerprint density at radius 2 is 1.83 bits per heavy atom. The summed E-state index contributed by atoms with van der Waals surface area (Å²) in [7, 11) is 0.545. The first-order valence-electron chi connectivity index (χ1n) is 4.66. The fourth-order valence-corrected chi connectivity index (χ4v) is 1.73.